The molecule has 0 unspecified atom stereocenters. The summed E-state index contributed by atoms with van der Waals surface area (Å²) in [5.74, 6) is -0.542. The van der Waals surface area contributed by atoms with Gasteiger partial charge in [-0.15, -0.1) is 0 Å². The fraction of sp³-hybridized carbons (Fsp3) is 0. The predicted octanol–water partition coefficient (Wildman–Crippen LogP) is 4.24. The van der Waals surface area contributed by atoms with Crippen LogP contribution in [0.25, 0.3) is 6.08 Å². The molecule has 0 bridgehead atoms. The van der Waals surface area contributed by atoms with Crippen molar-refractivity contribution in [1.29, 1.82) is 0 Å². The van der Waals surface area contributed by atoms with Crippen molar-refractivity contribution in [2.75, 3.05) is 0 Å². The average Bonchev–Trinajstić information content (AvgIpc) is 2.68. The van der Waals surface area contributed by atoms with Crippen molar-refractivity contribution in [3.63, 3.8) is 0 Å². The largest absolute Gasteiger partial charge is 0.507 e. The highest BCUT2D eigenvalue weighted by atomic mass is 16.5. The summed E-state index contributed by atoms with van der Waals surface area (Å²) in [4.78, 5) is 24.2. The zero-order valence-electron chi connectivity index (χ0n) is 13.8. The maximum Gasteiger partial charge on any atom is 0.336 e. The summed E-state index contributed by atoms with van der Waals surface area (Å²) in [5.41, 5.74) is 1.52. The Labute approximate surface area is 151 Å². The highest BCUT2D eigenvalue weighted by Gasteiger charge is 2.13. The molecule has 0 amide bonds. The van der Waals surface area contributed by atoms with Crippen LogP contribution in [0.15, 0.2) is 84.9 Å². The van der Waals surface area contributed by atoms with Gasteiger partial charge < -0.3 is 9.84 Å². The van der Waals surface area contributed by atoms with Gasteiger partial charge in [0.1, 0.15) is 11.5 Å². The molecule has 0 radical (unpaired) electrons. The molecular formula is C22H16O4. The fourth-order valence-corrected chi connectivity index (χ4v) is 2.37. The first-order chi connectivity index (χ1) is 12.6. The molecule has 4 nitrogen and oxygen atoms in total. The Bertz CT molecular complexity index is 941. The molecule has 1 N–H and O–H groups in total. The van der Waals surface area contributed by atoms with Crippen LogP contribution in [0, 0.1) is 0 Å². The van der Waals surface area contributed by atoms with Crippen molar-refractivity contribution in [1.82, 2.24) is 0 Å². The minimum absolute atomic E-state index is 0.0703. The number of hydrogen-bond acceptors (Lipinski definition) is 4. The van der Waals surface area contributed by atoms with E-state index in [1.807, 2.05) is 30.3 Å². The number of carbonyl (C=O) groups excluding carboxylic acids is 2. The van der Waals surface area contributed by atoms with E-state index in [9.17, 15) is 14.7 Å². The standard InChI is InChI=1S/C22H16O4/c23-20-9-5-4-8-19(20)22(25)17-11-13-18(14-12-17)26-21(24)15-10-16-6-2-1-3-7-16/h1-15,23H/b15-10+. The lowest BCUT2D eigenvalue weighted by molar-refractivity contribution is -0.128. The zero-order chi connectivity index (χ0) is 18.4. The quantitative estimate of drug-likeness (QED) is 0.325. The van der Waals surface area contributed by atoms with E-state index >= 15 is 0 Å². The smallest absolute Gasteiger partial charge is 0.336 e. The van der Waals surface area contributed by atoms with E-state index in [1.165, 1.54) is 12.1 Å². The van der Waals surface area contributed by atoms with Gasteiger partial charge >= 0.3 is 5.97 Å². The number of rotatable bonds is 5. The van der Waals surface area contributed by atoms with Gasteiger partial charge in [-0.05, 0) is 48.0 Å². The van der Waals surface area contributed by atoms with Gasteiger partial charge in [-0.2, -0.15) is 0 Å². The number of aromatic hydroxyl groups is 1. The molecule has 0 aliphatic carbocycles. The molecule has 3 rings (SSSR count). The van der Waals surface area contributed by atoms with Crippen LogP contribution >= 0.6 is 0 Å². The number of phenolic OH excluding ortho intramolecular Hbond substituents is 1. The van der Waals surface area contributed by atoms with Gasteiger partial charge in [0.05, 0.1) is 5.56 Å². The third-order valence-corrected chi connectivity index (χ3v) is 3.70. The predicted molar refractivity (Wildman–Crippen MR) is 99.1 cm³/mol. The Morgan fingerprint density at radius 2 is 1.46 bits per heavy atom. The van der Waals surface area contributed by atoms with Crippen molar-refractivity contribution >= 4 is 17.8 Å². The number of esters is 1. The minimum Gasteiger partial charge on any atom is -0.507 e. The molecule has 128 valence electrons. The van der Waals surface area contributed by atoms with E-state index in [1.54, 1.807) is 48.5 Å². The van der Waals surface area contributed by atoms with Crippen LogP contribution in [0.2, 0.25) is 0 Å². The second-order valence-corrected chi connectivity index (χ2v) is 5.54. The second kappa shape index (κ2) is 7.94. The maximum absolute atomic E-state index is 12.4. The molecule has 0 fully saturated rings. The van der Waals surface area contributed by atoms with E-state index in [0.717, 1.165) is 5.56 Å². The Morgan fingerprint density at radius 1 is 0.808 bits per heavy atom. The van der Waals surface area contributed by atoms with Crippen LogP contribution in [0.3, 0.4) is 0 Å². The summed E-state index contributed by atoms with van der Waals surface area (Å²) in [6.07, 6.45) is 3.01. The third kappa shape index (κ3) is 4.24. The van der Waals surface area contributed by atoms with Gasteiger partial charge in [-0.1, -0.05) is 42.5 Å². The molecule has 3 aromatic rings. The lowest BCUT2D eigenvalue weighted by Crippen LogP contribution is -2.05. The highest BCUT2D eigenvalue weighted by Crippen LogP contribution is 2.21. The number of benzene rings is 3. The number of hydrogen-bond donors (Lipinski definition) is 1. The molecule has 0 aliphatic rings. The number of carbonyl (C=O) groups is 2. The summed E-state index contributed by atoms with van der Waals surface area (Å²) in [6, 6.07) is 22.0. The Balaban J connectivity index is 1.66. The van der Waals surface area contributed by atoms with E-state index in [-0.39, 0.29) is 17.1 Å². The number of para-hydroxylation sites is 1. The maximum atomic E-state index is 12.4. The van der Waals surface area contributed by atoms with Gasteiger partial charge in [-0.3, -0.25) is 4.79 Å². The van der Waals surface area contributed by atoms with Crippen LogP contribution < -0.4 is 4.74 Å². The molecular weight excluding hydrogens is 328 g/mol. The average molecular weight is 344 g/mol. The Morgan fingerprint density at radius 3 is 2.15 bits per heavy atom. The number of ether oxygens (including phenoxy) is 1. The summed E-state index contributed by atoms with van der Waals surface area (Å²) in [7, 11) is 0. The molecule has 26 heavy (non-hydrogen) atoms. The van der Waals surface area contributed by atoms with Crippen molar-refractivity contribution in [2.24, 2.45) is 0 Å². The normalized spacial score (nSPS) is 10.6. The third-order valence-electron chi connectivity index (χ3n) is 3.70. The fourth-order valence-electron chi connectivity index (χ4n) is 2.37. The molecule has 4 heteroatoms. The van der Waals surface area contributed by atoms with Crippen LogP contribution in [-0.4, -0.2) is 16.9 Å². The van der Waals surface area contributed by atoms with E-state index < -0.39 is 5.97 Å². The number of phenols is 1. The summed E-state index contributed by atoms with van der Waals surface area (Å²) in [5, 5.41) is 9.77. The van der Waals surface area contributed by atoms with Crippen LogP contribution in [0.5, 0.6) is 11.5 Å². The molecule has 0 heterocycles. The molecule has 0 saturated carbocycles. The van der Waals surface area contributed by atoms with Crippen LogP contribution in [0.4, 0.5) is 0 Å². The molecule has 3 aromatic carbocycles. The summed E-state index contributed by atoms with van der Waals surface area (Å²) in [6.45, 7) is 0. The Kier molecular flexibility index (Phi) is 5.25. The summed E-state index contributed by atoms with van der Waals surface area (Å²) < 4.78 is 5.21. The molecule has 0 spiro atoms. The van der Waals surface area contributed by atoms with Gasteiger partial charge in [0.15, 0.2) is 5.78 Å². The summed E-state index contributed by atoms with van der Waals surface area (Å²) >= 11 is 0. The van der Waals surface area contributed by atoms with Crippen LogP contribution in [-0.2, 0) is 4.79 Å². The van der Waals surface area contributed by atoms with Crippen molar-refractivity contribution < 1.29 is 19.4 Å². The van der Waals surface area contributed by atoms with E-state index in [2.05, 4.69) is 0 Å². The monoisotopic (exact) mass is 344 g/mol. The minimum atomic E-state index is -0.506. The highest BCUT2D eigenvalue weighted by molar-refractivity contribution is 6.10. The first kappa shape index (κ1) is 17.2. The van der Waals surface area contributed by atoms with Gasteiger partial charge in [-0.25, -0.2) is 4.79 Å². The Hall–Kier alpha value is -3.66. The van der Waals surface area contributed by atoms with E-state index in [4.69, 9.17) is 4.74 Å². The number of ketones is 1. The SMILES string of the molecule is O=C(/C=C/c1ccccc1)Oc1ccc(C(=O)c2ccccc2O)cc1. The second-order valence-electron chi connectivity index (χ2n) is 5.54. The zero-order valence-corrected chi connectivity index (χ0v) is 13.8. The van der Waals surface area contributed by atoms with Crippen molar-refractivity contribution in [3.05, 3.63) is 102 Å². The van der Waals surface area contributed by atoms with Gasteiger partial charge in [0, 0.05) is 11.6 Å². The van der Waals surface area contributed by atoms with Gasteiger partial charge in [0.2, 0.25) is 0 Å². The molecule has 0 atom stereocenters. The van der Waals surface area contributed by atoms with Gasteiger partial charge in [0.25, 0.3) is 0 Å². The van der Waals surface area contributed by atoms with Crippen LogP contribution in [0.1, 0.15) is 21.5 Å². The molecule has 0 saturated heterocycles. The van der Waals surface area contributed by atoms with Crippen molar-refractivity contribution in [3.8, 4) is 11.5 Å². The topological polar surface area (TPSA) is 63.6 Å². The molecule has 0 aliphatic heterocycles. The first-order valence-corrected chi connectivity index (χ1v) is 8.01. The van der Waals surface area contributed by atoms with E-state index in [0.29, 0.717) is 11.3 Å². The molecule has 0 aromatic heterocycles. The van der Waals surface area contributed by atoms with Crippen molar-refractivity contribution in [2.45, 2.75) is 0 Å². The first-order valence-electron chi connectivity index (χ1n) is 8.01. The lowest BCUT2D eigenvalue weighted by atomic mass is 10.0. The lowest BCUT2D eigenvalue weighted by Gasteiger charge is -2.05.